The lowest BCUT2D eigenvalue weighted by atomic mass is 9.58. The van der Waals surface area contributed by atoms with Gasteiger partial charge in [0, 0.05) is 0 Å². The second kappa shape index (κ2) is 8.22. The van der Waals surface area contributed by atoms with E-state index >= 15 is 0 Å². The summed E-state index contributed by atoms with van der Waals surface area (Å²) in [4.78, 5) is 0. The number of phenolic OH excluding ortho intramolecular Hbond substituents is 1. The molecule has 0 fully saturated rings. The summed E-state index contributed by atoms with van der Waals surface area (Å²) in [6.07, 6.45) is 2.08. The number of rotatable bonds is 7. The lowest BCUT2D eigenvalue weighted by Crippen LogP contribution is -2.42. The van der Waals surface area contributed by atoms with Crippen LogP contribution in [-0.4, -0.2) is 5.11 Å². The molecule has 0 unspecified atom stereocenters. The number of phenols is 1. The molecule has 0 bridgehead atoms. The Labute approximate surface area is 170 Å². The Kier molecular flexibility index (Phi) is 5.93. The zero-order chi connectivity index (χ0) is 20.2. The maximum Gasteiger partial charge on any atom is 0.115 e. The minimum Gasteiger partial charge on any atom is -0.508 e. The monoisotopic (exact) mass is 372 g/mol. The summed E-state index contributed by atoms with van der Waals surface area (Å²) < 4.78 is 0. The highest BCUT2D eigenvalue weighted by Gasteiger charge is 2.42. The van der Waals surface area contributed by atoms with Gasteiger partial charge in [0.15, 0.2) is 0 Å². The Morgan fingerprint density at radius 1 is 0.643 bits per heavy atom. The number of aromatic hydroxyl groups is 1. The lowest BCUT2D eigenvalue weighted by molar-refractivity contribution is 0.186. The minimum absolute atomic E-state index is 0.0253. The van der Waals surface area contributed by atoms with Crippen LogP contribution in [-0.2, 0) is 17.3 Å². The van der Waals surface area contributed by atoms with Gasteiger partial charge < -0.3 is 5.11 Å². The largest absolute Gasteiger partial charge is 0.508 e. The maximum atomic E-state index is 9.59. The summed E-state index contributed by atoms with van der Waals surface area (Å²) in [7, 11) is 0. The predicted molar refractivity (Wildman–Crippen MR) is 119 cm³/mol. The van der Waals surface area contributed by atoms with E-state index in [9.17, 15) is 5.11 Å². The van der Waals surface area contributed by atoms with E-state index in [1.54, 1.807) is 12.1 Å². The molecule has 1 N–H and O–H groups in total. The molecule has 0 aliphatic carbocycles. The van der Waals surface area contributed by atoms with Crippen molar-refractivity contribution < 1.29 is 5.11 Å². The highest BCUT2D eigenvalue weighted by atomic mass is 16.3. The minimum atomic E-state index is 0.0253. The number of hydrogen-bond donors (Lipinski definition) is 1. The maximum absolute atomic E-state index is 9.59. The van der Waals surface area contributed by atoms with Crippen LogP contribution in [0.3, 0.4) is 0 Å². The van der Waals surface area contributed by atoms with Gasteiger partial charge in [0.05, 0.1) is 0 Å². The summed E-state index contributed by atoms with van der Waals surface area (Å²) >= 11 is 0. The fourth-order valence-corrected chi connectivity index (χ4v) is 4.74. The molecule has 146 valence electrons. The van der Waals surface area contributed by atoms with E-state index in [4.69, 9.17) is 0 Å². The lowest BCUT2D eigenvalue weighted by Gasteiger charge is -2.46. The molecule has 0 spiro atoms. The molecule has 0 aliphatic rings. The van der Waals surface area contributed by atoms with Crippen molar-refractivity contribution >= 4 is 0 Å². The number of hydrogen-bond acceptors (Lipinski definition) is 1. The van der Waals surface area contributed by atoms with E-state index in [2.05, 4.69) is 88.4 Å². The Morgan fingerprint density at radius 3 is 1.50 bits per heavy atom. The van der Waals surface area contributed by atoms with Gasteiger partial charge in [-0.1, -0.05) is 100 Å². The molecule has 0 amide bonds. The van der Waals surface area contributed by atoms with Crippen molar-refractivity contribution in [2.24, 2.45) is 5.92 Å². The van der Waals surface area contributed by atoms with Crippen LogP contribution in [0.1, 0.15) is 50.8 Å². The van der Waals surface area contributed by atoms with Crippen molar-refractivity contribution in [2.75, 3.05) is 0 Å². The van der Waals surface area contributed by atoms with E-state index in [-0.39, 0.29) is 10.8 Å². The summed E-state index contributed by atoms with van der Waals surface area (Å²) in [5.41, 5.74) is 4.09. The first kappa shape index (κ1) is 20.2. The van der Waals surface area contributed by atoms with E-state index in [1.807, 2.05) is 12.1 Å². The third-order valence-electron chi connectivity index (χ3n) is 6.44. The van der Waals surface area contributed by atoms with Crippen molar-refractivity contribution in [1.82, 2.24) is 0 Å². The fraction of sp³-hybridized carbons (Fsp3) is 0.333. The van der Waals surface area contributed by atoms with Crippen LogP contribution >= 0.6 is 0 Å². The summed E-state index contributed by atoms with van der Waals surface area (Å²) in [5, 5.41) is 9.59. The van der Waals surface area contributed by atoms with Crippen molar-refractivity contribution in [3.8, 4) is 5.75 Å². The van der Waals surface area contributed by atoms with E-state index in [0.29, 0.717) is 11.7 Å². The van der Waals surface area contributed by atoms with E-state index in [1.165, 1.54) is 16.7 Å². The van der Waals surface area contributed by atoms with Crippen LogP contribution < -0.4 is 0 Å². The first-order valence-electron chi connectivity index (χ1n) is 10.2. The van der Waals surface area contributed by atoms with Crippen LogP contribution in [0.2, 0.25) is 0 Å². The zero-order valence-corrected chi connectivity index (χ0v) is 17.5. The standard InChI is InChI=1S/C27H32O/c1-26(2,22-11-7-5-8-12-22)25(20-17-21-15-18-24(28)19-16-21)27(3,4)23-13-9-6-10-14-23/h5-16,18-19,25,28H,17,20H2,1-4H3. The molecule has 3 rings (SSSR count). The number of aryl methyl sites for hydroxylation is 1. The Morgan fingerprint density at radius 2 is 1.07 bits per heavy atom. The fourth-order valence-electron chi connectivity index (χ4n) is 4.74. The molecular formula is C27H32O. The molecular weight excluding hydrogens is 340 g/mol. The van der Waals surface area contributed by atoms with Gasteiger partial charge >= 0.3 is 0 Å². The van der Waals surface area contributed by atoms with Crippen molar-refractivity contribution in [3.05, 3.63) is 102 Å². The van der Waals surface area contributed by atoms with Gasteiger partial charge in [-0.15, -0.1) is 0 Å². The molecule has 0 aromatic heterocycles. The quantitative estimate of drug-likeness (QED) is 0.478. The molecule has 0 atom stereocenters. The summed E-state index contributed by atoms with van der Waals surface area (Å²) in [5.74, 6) is 0.771. The Balaban J connectivity index is 1.97. The zero-order valence-electron chi connectivity index (χ0n) is 17.5. The molecule has 3 aromatic rings. The second-order valence-corrected chi connectivity index (χ2v) is 8.93. The summed E-state index contributed by atoms with van der Waals surface area (Å²) in [6.45, 7) is 9.53. The van der Waals surface area contributed by atoms with Gasteiger partial charge in [0.2, 0.25) is 0 Å². The van der Waals surface area contributed by atoms with Gasteiger partial charge in [-0.2, -0.15) is 0 Å². The van der Waals surface area contributed by atoms with Crippen LogP contribution in [0.15, 0.2) is 84.9 Å². The normalized spacial score (nSPS) is 12.3. The van der Waals surface area contributed by atoms with E-state index in [0.717, 1.165) is 12.8 Å². The topological polar surface area (TPSA) is 20.2 Å². The van der Waals surface area contributed by atoms with Crippen LogP contribution in [0.25, 0.3) is 0 Å². The smallest absolute Gasteiger partial charge is 0.115 e. The highest BCUT2D eigenvalue weighted by molar-refractivity contribution is 5.32. The third kappa shape index (κ3) is 4.30. The molecule has 28 heavy (non-hydrogen) atoms. The van der Waals surface area contributed by atoms with Gasteiger partial charge in [-0.05, 0) is 58.4 Å². The van der Waals surface area contributed by atoms with Gasteiger partial charge in [-0.3, -0.25) is 0 Å². The molecule has 1 nitrogen and oxygen atoms in total. The van der Waals surface area contributed by atoms with Gasteiger partial charge in [-0.25, -0.2) is 0 Å². The van der Waals surface area contributed by atoms with Crippen molar-refractivity contribution in [1.29, 1.82) is 0 Å². The Hall–Kier alpha value is -2.54. The first-order chi connectivity index (χ1) is 13.3. The predicted octanol–water partition coefficient (Wildman–Crippen LogP) is 6.90. The molecule has 0 heterocycles. The SMILES string of the molecule is CC(C)(c1ccccc1)C(CCc1ccc(O)cc1)C(C)(C)c1ccccc1. The second-order valence-electron chi connectivity index (χ2n) is 8.93. The molecule has 1 heteroatoms. The van der Waals surface area contributed by atoms with Crippen LogP contribution in [0.4, 0.5) is 0 Å². The third-order valence-corrected chi connectivity index (χ3v) is 6.44. The van der Waals surface area contributed by atoms with Crippen molar-refractivity contribution in [3.63, 3.8) is 0 Å². The van der Waals surface area contributed by atoms with Crippen LogP contribution in [0.5, 0.6) is 5.75 Å². The van der Waals surface area contributed by atoms with Gasteiger partial charge in [0.1, 0.15) is 5.75 Å². The van der Waals surface area contributed by atoms with E-state index < -0.39 is 0 Å². The average Bonchev–Trinajstić information content (AvgIpc) is 2.70. The van der Waals surface area contributed by atoms with Gasteiger partial charge in [0.25, 0.3) is 0 Å². The van der Waals surface area contributed by atoms with Crippen molar-refractivity contribution in [2.45, 2.75) is 51.4 Å². The average molecular weight is 373 g/mol. The van der Waals surface area contributed by atoms with Crippen LogP contribution in [0, 0.1) is 5.92 Å². The molecule has 0 aliphatic heterocycles. The summed E-state index contributed by atoms with van der Waals surface area (Å²) in [6, 6.07) is 29.4. The molecule has 0 radical (unpaired) electrons. The molecule has 0 saturated heterocycles. The highest BCUT2D eigenvalue weighted by Crippen LogP contribution is 2.46. The Bertz CT molecular complexity index is 810. The molecule has 3 aromatic carbocycles. The molecule has 0 saturated carbocycles. The first-order valence-corrected chi connectivity index (χ1v) is 10.2. The number of benzene rings is 3.